The second-order valence-electron chi connectivity index (χ2n) is 9.54. The minimum Gasteiger partial charge on any atom is -0.480 e. The second kappa shape index (κ2) is 7.23. The van der Waals surface area contributed by atoms with Crippen LogP contribution < -0.4 is 11.1 Å². The van der Waals surface area contributed by atoms with Crippen LogP contribution in [-0.4, -0.2) is 55.0 Å². The van der Waals surface area contributed by atoms with Crippen LogP contribution in [0, 0.1) is 17.8 Å². The molecule has 4 fully saturated rings. The fraction of sp³-hybridized carbons (Fsp3) is 0.619. The number of rotatable bonds is 5. The van der Waals surface area contributed by atoms with E-state index in [1.165, 1.54) is 47.3 Å². The van der Waals surface area contributed by atoms with E-state index in [9.17, 15) is 19.5 Å². The molecule has 6 atom stereocenters. The lowest BCUT2D eigenvalue weighted by molar-refractivity contribution is -0.160. The number of aromatic nitrogens is 1. The summed E-state index contributed by atoms with van der Waals surface area (Å²) in [6, 6.07) is -1.63. The molecule has 2 saturated carbocycles. The Morgan fingerprint density at radius 1 is 1.35 bits per heavy atom. The average molecular weight is 463 g/mol. The number of allylic oxidation sites excluding steroid dienone is 1. The Balaban J connectivity index is 1.37. The van der Waals surface area contributed by atoms with E-state index in [2.05, 4.69) is 10.3 Å². The Hall–Kier alpha value is -2.07. The maximum atomic E-state index is 13.3. The number of amides is 2. The van der Waals surface area contributed by atoms with E-state index >= 15 is 0 Å². The third kappa shape index (κ3) is 3.34. The summed E-state index contributed by atoms with van der Waals surface area (Å²) in [6.45, 7) is 3.64. The van der Waals surface area contributed by atoms with E-state index < -0.39 is 22.8 Å². The Labute approximate surface area is 188 Å². The third-order valence-corrected chi connectivity index (χ3v) is 9.42. The van der Waals surface area contributed by atoms with Crippen molar-refractivity contribution in [1.82, 2.24) is 15.2 Å². The van der Waals surface area contributed by atoms with Crippen molar-refractivity contribution in [3.63, 3.8) is 0 Å². The van der Waals surface area contributed by atoms with Crippen molar-refractivity contribution in [1.29, 1.82) is 0 Å². The molecule has 3 heterocycles. The summed E-state index contributed by atoms with van der Waals surface area (Å²) < 4.78 is -0.628. The number of hydrogen-bond acceptors (Lipinski definition) is 7. The van der Waals surface area contributed by atoms with Gasteiger partial charge in [-0.1, -0.05) is 12.5 Å². The zero-order chi connectivity index (χ0) is 22.1. The van der Waals surface area contributed by atoms with E-state index in [1.807, 2.05) is 19.9 Å². The molecule has 8 nitrogen and oxygen atoms in total. The monoisotopic (exact) mass is 462 g/mol. The summed E-state index contributed by atoms with van der Waals surface area (Å²) >= 11 is 2.70. The number of nitrogens with zero attached hydrogens (tertiary/aromatic N) is 2. The Morgan fingerprint density at radius 3 is 2.71 bits per heavy atom. The first-order valence-electron chi connectivity index (χ1n) is 10.6. The number of nitrogens with two attached hydrogens (primary N) is 1. The van der Waals surface area contributed by atoms with Crippen molar-refractivity contribution in [2.75, 3.05) is 5.73 Å². The highest BCUT2D eigenvalue weighted by Crippen LogP contribution is 2.51. The van der Waals surface area contributed by atoms with Crippen LogP contribution in [-0.2, 0) is 14.4 Å². The van der Waals surface area contributed by atoms with Gasteiger partial charge >= 0.3 is 5.97 Å². The van der Waals surface area contributed by atoms with Crippen LogP contribution in [0.1, 0.15) is 45.2 Å². The van der Waals surface area contributed by atoms with Crippen molar-refractivity contribution in [2.24, 2.45) is 17.8 Å². The first kappa shape index (κ1) is 20.8. The topological polar surface area (TPSA) is 126 Å². The summed E-state index contributed by atoms with van der Waals surface area (Å²) in [4.78, 5) is 43.5. The van der Waals surface area contributed by atoms with Crippen molar-refractivity contribution in [3.8, 4) is 0 Å². The summed E-state index contributed by atoms with van der Waals surface area (Å²) in [5.41, 5.74) is 6.82. The molecule has 5 rings (SSSR count). The molecule has 2 amide bonds. The molecule has 1 aromatic rings. The molecule has 4 N–H and O–H groups in total. The van der Waals surface area contributed by atoms with Gasteiger partial charge < -0.3 is 21.1 Å². The van der Waals surface area contributed by atoms with Gasteiger partial charge in [0.05, 0.1) is 11.3 Å². The number of carbonyl (C=O) groups excluding carboxylic acids is 2. The number of nitrogen functional groups attached to an aromatic ring is 1. The number of hydrogen-bond donors (Lipinski definition) is 3. The fourth-order valence-corrected chi connectivity index (χ4v) is 7.95. The summed E-state index contributed by atoms with van der Waals surface area (Å²) in [5, 5.41) is 14.2. The first-order valence-corrected chi connectivity index (χ1v) is 12.4. The van der Waals surface area contributed by atoms with E-state index in [1.54, 1.807) is 5.38 Å². The van der Waals surface area contributed by atoms with Crippen LogP contribution in [0.4, 0.5) is 5.13 Å². The van der Waals surface area contributed by atoms with Crippen LogP contribution in [0.5, 0.6) is 0 Å². The quantitative estimate of drug-likeness (QED) is 0.452. The van der Waals surface area contributed by atoms with Gasteiger partial charge in [-0.25, -0.2) is 9.78 Å². The average Bonchev–Trinajstić information content (AvgIpc) is 3.46. The number of β-lactam (4-membered cyclic amide) rings is 1. The smallest absolute Gasteiger partial charge is 0.327 e. The van der Waals surface area contributed by atoms with Crippen LogP contribution in [0.15, 0.2) is 11.5 Å². The molecule has 4 aliphatic rings. The minimum absolute atomic E-state index is 0.340. The van der Waals surface area contributed by atoms with E-state index in [0.29, 0.717) is 28.2 Å². The predicted octanol–water partition coefficient (Wildman–Crippen LogP) is 2.18. The van der Waals surface area contributed by atoms with Crippen LogP contribution in [0.2, 0.25) is 0 Å². The number of carboxylic acid groups (broad SMARTS) is 1. The SMILES string of the molecule is CC1(C)S[C@@H]2[C@H](NC(=O)/C(=C\C3CC4CCC3C4)c3csc(N)n3)C(=O)N2[C@H]1C(=O)O. The number of thioether (sulfide) groups is 1. The predicted molar refractivity (Wildman–Crippen MR) is 119 cm³/mol. The number of carbonyl (C=O) groups is 3. The summed E-state index contributed by atoms with van der Waals surface area (Å²) in [6.07, 6.45) is 6.80. The molecule has 0 aromatic carbocycles. The molecule has 2 bridgehead atoms. The Bertz CT molecular complexity index is 990. The normalized spacial score (nSPS) is 35.7. The van der Waals surface area contributed by atoms with Gasteiger partial charge in [0, 0.05) is 10.1 Å². The lowest BCUT2D eigenvalue weighted by atomic mass is 9.87. The molecule has 1 aromatic heterocycles. The van der Waals surface area contributed by atoms with Gasteiger partial charge in [-0.05, 0) is 50.9 Å². The van der Waals surface area contributed by atoms with Gasteiger partial charge in [0.15, 0.2) is 5.13 Å². The largest absolute Gasteiger partial charge is 0.480 e. The van der Waals surface area contributed by atoms with Gasteiger partial charge in [0.1, 0.15) is 17.5 Å². The van der Waals surface area contributed by atoms with Gasteiger partial charge in [0.25, 0.3) is 5.91 Å². The lowest BCUT2D eigenvalue weighted by Gasteiger charge is -2.43. The first-order chi connectivity index (χ1) is 14.7. The van der Waals surface area contributed by atoms with Crippen LogP contribution in [0.25, 0.3) is 5.57 Å². The van der Waals surface area contributed by atoms with Gasteiger partial charge in [0.2, 0.25) is 5.91 Å². The highest BCUT2D eigenvalue weighted by Gasteiger charge is 2.64. The minimum atomic E-state index is -1.02. The number of nitrogens with one attached hydrogen (secondary N) is 1. The summed E-state index contributed by atoms with van der Waals surface area (Å²) in [5.74, 6) is -0.0284. The van der Waals surface area contributed by atoms with Crippen LogP contribution >= 0.6 is 23.1 Å². The molecule has 10 heteroatoms. The number of carboxylic acids is 1. The molecule has 3 unspecified atom stereocenters. The Morgan fingerprint density at radius 2 is 2.13 bits per heavy atom. The van der Waals surface area contributed by atoms with Gasteiger partial charge in [-0.2, -0.15) is 0 Å². The molecule has 2 aliphatic carbocycles. The highest BCUT2D eigenvalue weighted by atomic mass is 32.2. The molecule has 31 heavy (non-hydrogen) atoms. The molecule has 2 aliphatic heterocycles. The van der Waals surface area contributed by atoms with Crippen LogP contribution in [0.3, 0.4) is 0 Å². The number of aliphatic carboxylic acids is 1. The highest BCUT2D eigenvalue weighted by molar-refractivity contribution is 8.01. The Kier molecular flexibility index (Phi) is 4.85. The standard InChI is InChI=1S/C21H26N4O4S2/c1-21(2)15(19(28)29)25-17(27)14(18(25)31-21)24-16(26)12(13-8-30-20(22)23-13)7-11-6-9-3-4-10(11)5-9/h7-11,14-15,18H,3-6H2,1-2H3,(H2,22,23)(H,24,26)(H,28,29)/b12-7-/t9?,10?,11?,14-,15+,18-/m1/s1. The van der Waals surface area contributed by atoms with E-state index in [4.69, 9.17) is 5.73 Å². The lowest BCUT2D eigenvalue weighted by Crippen LogP contribution is -2.70. The number of fused-ring (bicyclic) bond motifs is 3. The molecular formula is C21H26N4O4S2. The zero-order valence-electron chi connectivity index (χ0n) is 17.4. The van der Waals surface area contributed by atoms with Crippen molar-refractivity contribution in [2.45, 2.75) is 61.7 Å². The van der Waals surface area contributed by atoms with Crippen molar-refractivity contribution in [3.05, 3.63) is 17.2 Å². The molecular weight excluding hydrogens is 436 g/mol. The summed E-state index contributed by atoms with van der Waals surface area (Å²) in [7, 11) is 0. The third-order valence-electron chi connectivity index (χ3n) is 7.18. The van der Waals surface area contributed by atoms with Gasteiger partial charge in [-0.3, -0.25) is 9.59 Å². The van der Waals surface area contributed by atoms with E-state index in [-0.39, 0.29) is 17.2 Å². The van der Waals surface area contributed by atoms with Crippen molar-refractivity contribution < 1.29 is 19.5 Å². The van der Waals surface area contributed by atoms with Gasteiger partial charge in [-0.15, -0.1) is 23.1 Å². The zero-order valence-corrected chi connectivity index (χ0v) is 19.0. The van der Waals surface area contributed by atoms with E-state index in [0.717, 1.165) is 12.3 Å². The molecule has 166 valence electrons. The molecule has 0 spiro atoms. The fourth-order valence-electron chi connectivity index (χ4n) is 5.77. The second-order valence-corrected chi connectivity index (χ2v) is 12.2. The maximum absolute atomic E-state index is 13.3. The van der Waals surface area contributed by atoms with Crippen molar-refractivity contribution >= 4 is 51.6 Å². The number of anilines is 1. The molecule has 2 saturated heterocycles. The maximum Gasteiger partial charge on any atom is 0.327 e. The molecule has 0 radical (unpaired) electrons. The number of thiazole rings is 1.